The van der Waals surface area contributed by atoms with Gasteiger partial charge in [0, 0.05) is 19.2 Å². The van der Waals surface area contributed by atoms with E-state index < -0.39 is 0 Å². The monoisotopic (exact) mass is 234 g/mol. The van der Waals surface area contributed by atoms with Crippen LogP contribution in [-0.4, -0.2) is 26.9 Å². The first-order valence-electron chi connectivity index (χ1n) is 5.67. The number of hydrogen-bond donors (Lipinski definition) is 1. The highest BCUT2D eigenvalue weighted by molar-refractivity contribution is 5.38. The summed E-state index contributed by atoms with van der Waals surface area (Å²) in [6.07, 6.45) is 0. The first-order valence-corrected chi connectivity index (χ1v) is 5.67. The van der Waals surface area contributed by atoms with Gasteiger partial charge in [0.2, 0.25) is 0 Å². The highest BCUT2D eigenvalue weighted by Crippen LogP contribution is 2.24. The minimum Gasteiger partial charge on any atom is -0.493 e. The number of para-hydroxylation sites is 1. The SMILES string of the molecule is CCOc1ccccc1C(C#N)NCCOC. The molecule has 0 amide bonds. The van der Waals surface area contributed by atoms with E-state index in [9.17, 15) is 0 Å². The minimum atomic E-state index is -0.368. The van der Waals surface area contributed by atoms with Crippen molar-refractivity contribution in [2.24, 2.45) is 0 Å². The van der Waals surface area contributed by atoms with E-state index in [2.05, 4.69) is 11.4 Å². The molecule has 1 aromatic rings. The average Bonchev–Trinajstić information content (AvgIpc) is 2.36. The molecule has 1 N–H and O–H groups in total. The summed E-state index contributed by atoms with van der Waals surface area (Å²) in [5.74, 6) is 0.756. The van der Waals surface area contributed by atoms with Crippen molar-refractivity contribution in [2.45, 2.75) is 13.0 Å². The molecule has 4 nitrogen and oxygen atoms in total. The Morgan fingerprint density at radius 3 is 2.82 bits per heavy atom. The second-order valence-electron chi connectivity index (χ2n) is 3.48. The van der Waals surface area contributed by atoms with Crippen LogP contribution in [0.25, 0.3) is 0 Å². The topological polar surface area (TPSA) is 54.3 Å². The van der Waals surface area contributed by atoms with Crippen LogP contribution < -0.4 is 10.1 Å². The Bertz CT molecular complexity index is 374. The fraction of sp³-hybridized carbons (Fsp3) is 0.462. The van der Waals surface area contributed by atoms with Gasteiger partial charge in [0.25, 0.3) is 0 Å². The maximum Gasteiger partial charge on any atom is 0.125 e. The molecule has 4 heteroatoms. The average molecular weight is 234 g/mol. The van der Waals surface area contributed by atoms with Crippen molar-refractivity contribution < 1.29 is 9.47 Å². The summed E-state index contributed by atoms with van der Waals surface area (Å²) in [5, 5.41) is 12.3. The minimum absolute atomic E-state index is 0.368. The maximum atomic E-state index is 9.16. The molecule has 0 aliphatic heterocycles. The molecule has 17 heavy (non-hydrogen) atoms. The second-order valence-corrected chi connectivity index (χ2v) is 3.48. The van der Waals surface area contributed by atoms with Gasteiger partial charge in [-0.25, -0.2) is 0 Å². The second kappa shape index (κ2) is 7.66. The van der Waals surface area contributed by atoms with Gasteiger partial charge in [0.1, 0.15) is 11.8 Å². The summed E-state index contributed by atoms with van der Waals surface area (Å²) in [6, 6.07) is 9.44. The third-order valence-corrected chi connectivity index (χ3v) is 2.31. The predicted octanol–water partition coefficient (Wildman–Crippen LogP) is 1.89. The van der Waals surface area contributed by atoms with Crippen molar-refractivity contribution in [1.29, 1.82) is 5.26 Å². The van der Waals surface area contributed by atoms with Crippen LogP contribution in [-0.2, 0) is 4.74 Å². The highest BCUT2D eigenvalue weighted by atomic mass is 16.5. The third-order valence-electron chi connectivity index (χ3n) is 2.31. The fourth-order valence-corrected chi connectivity index (χ4v) is 1.54. The molecule has 0 aromatic heterocycles. The molecular formula is C13H18N2O2. The van der Waals surface area contributed by atoms with Crippen molar-refractivity contribution in [3.8, 4) is 11.8 Å². The smallest absolute Gasteiger partial charge is 0.125 e. The van der Waals surface area contributed by atoms with Gasteiger partial charge >= 0.3 is 0 Å². The molecule has 0 aliphatic rings. The van der Waals surface area contributed by atoms with Gasteiger partial charge in [0.15, 0.2) is 0 Å². The van der Waals surface area contributed by atoms with Gasteiger partial charge < -0.3 is 9.47 Å². The molecule has 0 spiro atoms. The normalized spacial score (nSPS) is 11.8. The highest BCUT2D eigenvalue weighted by Gasteiger charge is 2.14. The first kappa shape index (κ1) is 13.5. The Kier molecular flexibility index (Phi) is 6.08. The zero-order chi connectivity index (χ0) is 12.5. The van der Waals surface area contributed by atoms with E-state index in [0.29, 0.717) is 19.8 Å². The van der Waals surface area contributed by atoms with Gasteiger partial charge in [0.05, 0.1) is 19.3 Å². The van der Waals surface area contributed by atoms with E-state index in [1.54, 1.807) is 7.11 Å². The van der Waals surface area contributed by atoms with Gasteiger partial charge in [-0.05, 0) is 13.0 Å². The number of ether oxygens (including phenoxy) is 2. The molecule has 1 unspecified atom stereocenters. The van der Waals surface area contributed by atoms with Crippen LogP contribution in [0.4, 0.5) is 0 Å². The number of nitrogens with zero attached hydrogens (tertiary/aromatic N) is 1. The van der Waals surface area contributed by atoms with Crippen LogP contribution in [0, 0.1) is 11.3 Å². The summed E-state index contributed by atoms with van der Waals surface area (Å²) in [6.45, 7) is 3.73. The molecule has 0 fully saturated rings. The quantitative estimate of drug-likeness (QED) is 0.732. The molecule has 0 heterocycles. The van der Waals surface area contributed by atoms with E-state index >= 15 is 0 Å². The Labute approximate surface area is 102 Å². The summed E-state index contributed by atoms with van der Waals surface area (Å²) in [7, 11) is 1.64. The summed E-state index contributed by atoms with van der Waals surface area (Å²) in [4.78, 5) is 0. The largest absolute Gasteiger partial charge is 0.493 e. The molecule has 0 radical (unpaired) electrons. The van der Waals surface area contributed by atoms with Crippen molar-refractivity contribution in [1.82, 2.24) is 5.32 Å². The van der Waals surface area contributed by atoms with Gasteiger partial charge in [-0.3, -0.25) is 5.32 Å². The molecule has 0 aliphatic carbocycles. The molecule has 0 bridgehead atoms. The number of nitriles is 1. The summed E-state index contributed by atoms with van der Waals surface area (Å²) < 4.78 is 10.5. The van der Waals surface area contributed by atoms with Gasteiger partial charge in [-0.15, -0.1) is 0 Å². The van der Waals surface area contributed by atoms with E-state index in [4.69, 9.17) is 14.7 Å². The van der Waals surface area contributed by atoms with Crippen LogP contribution in [0.1, 0.15) is 18.5 Å². The molecule has 92 valence electrons. The molecular weight excluding hydrogens is 216 g/mol. The lowest BCUT2D eigenvalue weighted by atomic mass is 10.1. The van der Waals surface area contributed by atoms with E-state index in [0.717, 1.165) is 11.3 Å². The summed E-state index contributed by atoms with van der Waals surface area (Å²) >= 11 is 0. The van der Waals surface area contributed by atoms with Crippen molar-refractivity contribution in [3.63, 3.8) is 0 Å². The van der Waals surface area contributed by atoms with E-state index in [1.807, 2.05) is 31.2 Å². The number of methoxy groups -OCH3 is 1. The van der Waals surface area contributed by atoms with Crippen LogP contribution >= 0.6 is 0 Å². The maximum absolute atomic E-state index is 9.16. The summed E-state index contributed by atoms with van der Waals surface area (Å²) in [5.41, 5.74) is 0.868. The van der Waals surface area contributed by atoms with Crippen molar-refractivity contribution in [2.75, 3.05) is 26.9 Å². The number of hydrogen-bond acceptors (Lipinski definition) is 4. The zero-order valence-corrected chi connectivity index (χ0v) is 10.3. The Hall–Kier alpha value is -1.57. The van der Waals surface area contributed by atoms with E-state index in [-0.39, 0.29) is 6.04 Å². The molecule has 0 saturated heterocycles. The third kappa shape index (κ3) is 4.06. The van der Waals surface area contributed by atoms with Crippen molar-refractivity contribution >= 4 is 0 Å². The lowest BCUT2D eigenvalue weighted by Gasteiger charge is -2.15. The Balaban J connectivity index is 2.76. The standard InChI is InChI=1S/C13H18N2O2/c1-3-17-13-7-5-4-6-11(13)12(10-14)15-8-9-16-2/h4-7,12,15H,3,8-9H2,1-2H3. The molecule has 0 saturated carbocycles. The van der Waals surface area contributed by atoms with Gasteiger partial charge in [-0.1, -0.05) is 18.2 Å². The lowest BCUT2D eigenvalue weighted by molar-refractivity contribution is 0.197. The van der Waals surface area contributed by atoms with Crippen LogP contribution in [0.3, 0.4) is 0 Å². The number of nitrogens with one attached hydrogen (secondary N) is 1. The Morgan fingerprint density at radius 2 is 2.18 bits per heavy atom. The lowest BCUT2D eigenvalue weighted by Crippen LogP contribution is -2.24. The van der Waals surface area contributed by atoms with Crippen molar-refractivity contribution in [3.05, 3.63) is 29.8 Å². The molecule has 1 aromatic carbocycles. The van der Waals surface area contributed by atoms with Gasteiger partial charge in [-0.2, -0.15) is 5.26 Å². The fourth-order valence-electron chi connectivity index (χ4n) is 1.54. The number of rotatable bonds is 7. The predicted molar refractivity (Wildman–Crippen MR) is 65.8 cm³/mol. The molecule has 1 atom stereocenters. The van der Waals surface area contributed by atoms with Crippen LogP contribution in [0.15, 0.2) is 24.3 Å². The number of benzene rings is 1. The molecule has 1 rings (SSSR count). The van der Waals surface area contributed by atoms with E-state index in [1.165, 1.54) is 0 Å². The Morgan fingerprint density at radius 1 is 1.41 bits per heavy atom. The first-order chi connectivity index (χ1) is 8.33. The van der Waals surface area contributed by atoms with Crippen LogP contribution in [0.2, 0.25) is 0 Å². The zero-order valence-electron chi connectivity index (χ0n) is 10.3. The van der Waals surface area contributed by atoms with Crippen LogP contribution in [0.5, 0.6) is 5.75 Å².